The molecule has 2 saturated heterocycles. The monoisotopic (exact) mass is 398 g/mol. The van der Waals surface area contributed by atoms with Crippen molar-refractivity contribution >= 4 is 11.5 Å². The first-order valence-electron chi connectivity index (χ1n) is 11.5. The van der Waals surface area contributed by atoms with Gasteiger partial charge in [-0.1, -0.05) is 27.7 Å². The molecule has 2 aliphatic rings. The van der Waals surface area contributed by atoms with Crippen molar-refractivity contribution in [1.29, 1.82) is 5.26 Å². The number of hydrogen-bond acceptors (Lipinski definition) is 6. The van der Waals surface area contributed by atoms with Crippen LogP contribution in [0.1, 0.15) is 51.8 Å². The van der Waals surface area contributed by atoms with Crippen LogP contribution in [0.3, 0.4) is 0 Å². The lowest BCUT2D eigenvalue weighted by Crippen LogP contribution is -2.38. The van der Waals surface area contributed by atoms with E-state index >= 15 is 0 Å². The van der Waals surface area contributed by atoms with Crippen LogP contribution in [0.15, 0.2) is 6.07 Å². The first kappa shape index (κ1) is 21.9. The number of rotatable bonds is 8. The van der Waals surface area contributed by atoms with Crippen molar-refractivity contribution in [2.45, 2.75) is 59.5 Å². The van der Waals surface area contributed by atoms with Gasteiger partial charge in [-0.3, -0.25) is 9.80 Å². The number of nitrogens with zero attached hydrogens (tertiary/aromatic N) is 6. The molecule has 6 heteroatoms. The van der Waals surface area contributed by atoms with E-state index in [0.717, 1.165) is 88.0 Å². The molecule has 1 aromatic heterocycles. The van der Waals surface area contributed by atoms with Crippen LogP contribution in [0.4, 0.5) is 11.5 Å². The third-order valence-corrected chi connectivity index (χ3v) is 6.84. The Bertz CT molecular complexity index is 668. The number of nitriles is 1. The minimum atomic E-state index is 0.557. The van der Waals surface area contributed by atoms with E-state index in [9.17, 15) is 5.26 Å². The van der Waals surface area contributed by atoms with Gasteiger partial charge in [-0.15, -0.1) is 0 Å². The molecule has 2 aliphatic heterocycles. The van der Waals surface area contributed by atoms with Gasteiger partial charge in [0.2, 0.25) is 0 Å². The lowest BCUT2D eigenvalue weighted by molar-refractivity contribution is 0.232. The number of likely N-dealkylation sites (N-methyl/N-ethyl adjacent to an activating group) is 2. The Kier molecular flexibility index (Phi) is 7.37. The molecule has 3 rings (SSSR count). The van der Waals surface area contributed by atoms with Gasteiger partial charge in [-0.05, 0) is 52.0 Å². The Labute approximate surface area is 177 Å². The van der Waals surface area contributed by atoms with Gasteiger partial charge in [-0.25, -0.2) is 4.98 Å². The highest BCUT2D eigenvalue weighted by Crippen LogP contribution is 2.34. The number of aryl methyl sites for hydroxylation is 1. The first-order chi connectivity index (χ1) is 14.1. The summed E-state index contributed by atoms with van der Waals surface area (Å²) in [6.45, 7) is 19.3. The third kappa shape index (κ3) is 4.51. The largest absolute Gasteiger partial charge is 0.369 e. The second-order valence-electron chi connectivity index (χ2n) is 8.31. The van der Waals surface area contributed by atoms with Crippen LogP contribution in [-0.2, 0) is 0 Å². The molecule has 0 bridgehead atoms. The summed E-state index contributed by atoms with van der Waals surface area (Å²) >= 11 is 0. The van der Waals surface area contributed by atoms with Crippen molar-refractivity contribution in [3.63, 3.8) is 0 Å². The standard InChI is InChI=1S/C23H38N6/c1-6-26(7-2)19-10-12-28(16-19)22-14-18(5)25-23(21(22)15-24)29-13-11-20(17-29)27(8-3)9-4/h14,19-20H,6-13,16-17H2,1-5H3. The lowest BCUT2D eigenvalue weighted by atomic mass is 10.1. The predicted octanol–water partition coefficient (Wildman–Crippen LogP) is 3.10. The van der Waals surface area contributed by atoms with Crippen molar-refractivity contribution in [2.24, 2.45) is 0 Å². The van der Waals surface area contributed by atoms with Crippen LogP contribution in [0.2, 0.25) is 0 Å². The summed E-state index contributed by atoms with van der Waals surface area (Å²) in [5.41, 5.74) is 2.85. The van der Waals surface area contributed by atoms with E-state index in [-0.39, 0.29) is 0 Å². The molecule has 3 heterocycles. The summed E-state index contributed by atoms with van der Waals surface area (Å²) in [6, 6.07) is 5.76. The molecule has 0 radical (unpaired) electrons. The van der Waals surface area contributed by atoms with Gasteiger partial charge in [0, 0.05) is 44.0 Å². The molecule has 2 unspecified atom stereocenters. The van der Waals surface area contributed by atoms with Crippen LogP contribution in [0.25, 0.3) is 0 Å². The van der Waals surface area contributed by atoms with Crippen LogP contribution >= 0.6 is 0 Å². The maximum Gasteiger partial charge on any atom is 0.149 e. The maximum atomic E-state index is 10.1. The van der Waals surface area contributed by atoms with E-state index in [1.54, 1.807) is 0 Å². The topological polar surface area (TPSA) is 49.6 Å². The lowest BCUT2D eigenvalue weighted by Gasteiger charge is -2.29. The first-order valence-corrected chi connectivity index (χ1v) is 11.5. The average Bonchev–Trinajstić information content (AvgIpc) is 3.40. The zero-order valence-electron chi connectivity index (χ0n) is 19.0. The summed E-state index contributed by atoms with van der Waals surface area (Å²) in [5, 5.41) is 10.1. The highest BCUT2D eigenvalue weighted by molar-refractivity contribution is 5.71. The SMILES string of the molecule is CCN(CC)C1CCN(c2cc(C)nc(N3CCC(N(CC)CC)C3)c2C#N)C1. The van der Waals surface area contributed by atoms with Crippen molar-refractivity contribution < 1.29 is 0 Å². The van der Waals surface area contributed by atoms with Gasteiger partial charge < -0.3 is 9.80 Å². The van der Waals surface area contributed by atoms with Crippen molar-refractivity contribution in [3.8, 4) is 6.07 Å². The predicted molar refractivity (Wildman–Crippen MR) is 121 cm³/mol. The molecular formula is C23H38N6. The average molecular weight is 399 g/mol. The Balaban J connectivity index is 1.85. The normalized spacial score (nSPS) is 22.1. The summed E-state index contributed by atoms with van der Waals surface area (Å²) < 4.78 is 0. The fourth-order valence-electron chi connectivity index (χ4n) is 5.20. The molecule has 0 aromatic carbocycles. The number of anilines is 2. The second kappa shape index (κ2) is 9.77. The molecule has 2 fully saturated rings. The fourth-order valence-corrected chi connectivity index (χ4v) is 5.20. The fraction of sp³-hybridized carbons (Fsp3) is 0.739. The molecule has 0 amide bonds. The van der Waals surface area contributed by atoms with E-state index in [0.29, 0.717) is 12.1 Å². The highest BCUT2D eigenvalue weighted by Gasteiger charge is 2.32. The molecule has 0 aliphatic carbocycles. The number of aromatic nitrogens is 1. The van der Waals surface area contributed by atoms with Crippen LogP contribution in [0, 0.1) is 18.3 Å². The molecule has 29 heavy (non-hydrogen) atoms. The zero-order chi connectivity index (χ0) is 21.0. The molecule has 0 spiro atoms. The van der Waals surface area contributed by atoms with Gasteiger partial charge in [0.25, 0.3) is 0 Å². The van der Waals surface area contributed by atoms with Gasteiger partial charge in [0.05, 0.1) is 5.69 Å². The molecule has 6 nitrogen and oxygen atoms in total. The van der Waals surface area contributed by atoms with Crippen molar-refractivity contribution in [2.75, 3.05) is 62.2 Å². The second-order valence-corrected chi connectivity index (χ2v) is 8.31. The van der Waals surface area contributed by atoms with Gasteiger partial charge in [0.15, 0.2) is 0 Å². The van der Waals surface area contributed by atoms with Crippen molar-refractivity contribution in [1.82, 2.24) is 14.8 Å². The van der Waals surface area contributed by atoms with E-state index < -0.39 is 0 Å². The van der Waals surface area contributed by atoms with E-state index in [2.05, 4.69) is 66.4 Å². The van der Waals surface area contributed by atoms with Gasteiger partial charge >= 0.3 is 0 Å². The van der Waals surface area contributed by atoms with E-state index in [4.69, 9.17) is 4.98 Å². The summed E-state index contributed by atoms with van der Waals surface area (Å²) in [6.07, 6.45) is 2.31. The summed E-state index contributed by atoms with van der Waals surface area (Å²) in [7, 11) is 0. The van der Waals surface area contributed by atoms with Gasteiger partial charge in [0.1, 0.15) is 17.5 Å². The van der Waals surface area contributed by atoms with Gasteiger partial charge in [-0.2, -0.15) is 5.26 Å². The highest BCUT2D eigenvalue weighted by atomic mass is 15.3. The Morgan fingerprint density at radius 2 is 1.48 bits per heavy atom. The molecule has 1 aromatic rings. The molecule has 2 atom stereocenters. The maximum absolute atomic E-state index is 10.1. The Morgan fingerprint density at radius 1 is 0.966 bits per heavy atom. The number of hydrogen-bond donors (Lipinski definition) is 0. The van der Waals surface area contributed by atoms with Crippen molar-refractivity contribution in [3.05, 3.63) is 17.3 Å². The smallest absolute Gasteiger partial charge is 0.149 e. The summed E-state index contributed by atoms with van der Waals surface area (Å²) in [5.74, 6) is 0.892. The zero-order valence-corrected chi connectivity index (χ0v) is 19.0. The Hall–Kier alpha value is -1.84. The van der Waals surface area contributed by atoms with Crippen LogP contribution in [-0.4, -0.2) is 79.2 Å². The minimum absolute atomic E-state index is 0.557. The summed E-state index contributed by atoms with van der Waals surface area (Å²) in [4.78, 5) is 14.7. The van der Waals surface area contributed by atoms with Crippen LogP contribution in [0.5, 0.6) is 0 Å². The molecular weight excluding hydrogens is 360 g/mol. The molecule has 160 valence electrons. The molecule has 0 N–H and O–H groups in total. The molecule has 0 saturated carbocycles. The minimum Gasteiger partial charge on any atom is -0.369 e. The van der Waals surface area contributed by atoms with E-state index in [1.165, 1.54) is 0 Å². The number of pyridine rings is 1. The third-order valence-electron chi connectivity index (χ3n) is 6.84. The van der Waals surface area contributed by atoms with E-state index in [1.807, 2.05) is 0 Å². The quantitative estimate of drug-likeness (QED) is 0.671. The van der Waals surface area contributed by atoms with Crippen LogP contribution < -0.4 is 9.80 Å². The Morgan fingerprint density at radius 3 is 2.00 bits per heavy atom.